The second-order valence-electron chi connectivity index (χ2n) is 13.8. The molecule has 0 aromatic carbocycles. The molecule has 0 bridgehead atoms. The maximum absolute atomic E-state index is 12.7. The molecular formula is C43H72O10. The second kappa shape index (κ2) is 33.9. The van der Waals surface area contributed by atoms with Gasteiger partial charge in [0, 0.05) is 12.8 Å². The minimum atomic E-state index is -1.60. The standard InChI is InChI=1S/C43H72O10/c1-3-5-7-9-11-13-15-17-18-20-22-24-26-28-30-32-39(46)52-36(35-51-43-42(49)41(48)40(47)37(33-44)53-43)34-50-38(45)31-29-27-25-23-21-19-16-14-12-10-8-6-4-2/h5,7,9,11,13,15,17-19,21,36-37,40-44,47-49H,3-4,6,8,10,12,14,16,20,22-35H2,1-2H3/b7-5+,11-9+,15-13+,18-17+,21-19+/t36-,37-,40+,41?,42?,43-/m1/s1. The molecule has 6 atom stereocenters. The maximum Gasteiger partial charge on any atom is 0.306 e. The van der Waals surface area contributed by atoms with Gasteiger partial charge >= 0.3 is 11.9 Å². The quantitative estimate of drug-likeness (QED) is 0.0231. The number of hydrogen-bond acceptors (Lipinski definition) is 10. The van der Waals surface area contributed by atoms with Gasteiger partial charge in [-0.1, -0.05) is 132 Å². The fourth-order valence-electron chi connectivity index (χ4n) is 5.72. The summed E-state index contributed by atoms with van der Waals surface area (Å²) in [5.41, 5.74) is 0. The van der Waals surface area contributed by atoms with Gasteiger partial charge in [0.1, 0.15) is 31.0 Å². The Labute approximate surface area is 320 Å². The summed E-state index contributed by atoms with van der Waals surface area (Å²) in [6.07, 6.45) is 32.3. The van der Waals surface area contributed by atoms with Gasteiger partial charge in [-0.2, -0.15) is 0 Å². The lowest BCUT2D eigenvalue weighted by Crippen LogP contribution is -2.59. The number of esters is 2. The highest BCUT2D eigenvalue weighted by atomic mass is 16.7. The first-order chi connectivity index (χ1) is 25.8. The first kappa shape index (κ1) is 48.4. The molecule has 0 saturated carbocycles. The third-order valence-corrected chi connectivity index (χ3v) is 8.98. The minimum Gasteiger partial charge on any atom is -0.462 e. The van der Waals surface area contributed by atoms with Crippen LogP contribution in [-0.4, -0.2) is 89.0 Å². The smallest absolute Gasteiger partial charge is 0.306 e. The third kappa shape index (κ3) is 25.9. The average Bonchev–Trinajstić information content (AvgIpc) is 3.15. The van der Waals surface area contributed by atoms with E-state index >= 15 is 0 Å². The van der Waals surface area contributed by atoms with E-state index in [9.17, 15) is 30.0 Å². The van der Waals surface area contributed by atoms with Crippen LogP contribution in [0.3, 0.4) is 0 Å². The second-order valence-corrected chi connectivity index (χ2v) is 13.8. The minimum absolute atomic E-state index is 0.198. The van der Waals surface area contributed by atoms with E-state index in [0.717, 1.165) is 64.2 Å². The number of rotatable bonds is 32. The normalized spacial score (nSPS) is 21.5. The van der Waals surface area contributed by atoms with Gasteiger partial charge in [-0.3, -0.25) is 9.59 Å². The molecule has 1 aliphatic heterocycles. The lowest BCUT2D eigenvalue weighted by molar-refractivity contribution is -0.305. The molecule has 0 radical (unpaired) electrons. The van der Waals surface area contributed by atoms with Gasteiger partial charge in [0.25, 0.3) is 0 Å². The highest BCUT2D eigenvalue weighted by molar-refractivity contribution is 5.70. The molecule has 1 saturated heterocycles. The summed E-state index contributed by atoms with van der Waals surface area (Å²) < 4.78 is 22.0. The zero-order valence-electron chi connectivity index (χ0n) is 32.7. The van der Waals surface area contributed by atoms with Crippen molar-refractivity contribution in [2.24, 2.45) is 0 Å². The van der Waals surface area contributed by atoms with Gasteiger partial charge in [0.2, 0.25) is 0 Å². The van der Waals surface area contributed by atoms with Crippen molar-refractivity contribution in [2.75, 3.05) is 19.8 Å². The Bertz CT molecular complexity index is 1050. The van der Waals surface area contributed by atoms with Crippen molar-refractivity contribution in [2.45, 2.75) is 179 Å². The Kier molecular flexibility index (Phi) is 31.0. The van der Waals surface area contributed by atoms with E-state index in [-0.39, 0.29) is 26.1 Å². The van der Waals surface area contributed by atoms with Crippen LogP contribution in [0.4, 0.5) is 0 Å². The summed E-state index contributed by atoms with van der Waals surface area (Å²) in [5, 5.41) is 40.0. The molecular weight excluding hydrogens is 676 g/mol. The van der Waals surface area contributed by atoms with Crippen molar-refractivity contribution in [1.29, 1.82) is 0 Å². The van der Waals surface area contributed by atoms with E-state index in [2.05, 4.69) is 44.2 Å². The fourth-order valence-corrected chi connectivity index (χ4v) is 5.72. The van der Waals surface area contributed by atoms with E-state index in [1.165, 1.54) is 38.5 Å². The van der Waals surface area contributed by atoms with Crippen molar-refractivity contribution in [3.8, 4) is 0 Å². The largest absolute Gasteiger partial charge is 0.462 e. The fraction of sp³-hybridized carbons (Fsp3) is 0.721. The van der Waals surface area contributed by atoms with Crippen LogP contribution in [0.2, 0.25) is 0 Å². The number of hydrogen-bond donors (Lipinski definition) is 4. The number of carbonyl (C=O) groups is 2. The zero-order chi connectivity index (χ0) is 38.8. The highest BCUT2D eigenvalue weighted by Crippen LogP contribution is 2.22. The van der Waals surface area contributed by atoms with E-state index in [4.69, 9.17) is 18.9 Å². The number of aliphatic hydroxyl groups excluding tert-OH is 4. The van der Waals surface area contributed by atoms with Crippen LogP contribution in [0.25, 0.3) is 0 Å². The van der Waals surface area contributed by atoms with E-state index in [0.29, 0.717) is 12.8 Å². The van der Waals surface area contributed by atoms with Crippen LogP contribution in [0, 0.1) is 0 Å². The highest BCUT2D eigenvalue weighted by Gasteiger charge is 2.44. The number of carbonyl (C=O) groups excluding carboxylic acids is 2. The van der Waals surface area contributed by atoms with Crippen molar-refractivity contribution in [3.05, 3.63) is 60.8 Å². The van der Waals surface area contributed by atoms with Crippen LogP contribution in [0.5, 0.6) is 0 Å². The third-order valence-electron chi connectivity index (χ3n) is 8.98. The van der Waals surface area contributed by atoms with Gasteiger partial charge in [-0.05, 0) is 57.8 Å². The van der Waals surface area contributed by atoms with E-state index in [1.54, 1.807) is 0 Å². The van der Waals surface area contributed by atoms with Gasteiger partial charge in [-0.15, -0.1) is 0 Å². The number of aliphatic hydroxyl groups is 4. The predicted molar refractivity (Wildman–Crippen MR) is 210 cm³/mol. The van der Waals surface area contributed by atoms with Gasteiger partial charge in [-0.25, -0.2) is 0 Å². The number of unbranched alkanes of at least 4 members (excludes halogenated alkanes) is 14. The van der Waals surface area contributed by atoms with Gasteiger partial charge in [0.15, 0.2) is 12.4 Å². The van der Waals surface area contributed by atoms with Crippen molar-refractivity contribution < 1.29 is 49.0 Å². The molecule has 1 fully saturated rings. The summed E-state index contributed by atoms with van der Waals surface area (Å²) in [6, 6.07) is 0. The van der Waals surface area contributed by atoms with Crippen LogP contribution < -0.4 is 0 Å². The molecule has 304 valence electrons. The SMILES string of the molecule is CC/C=C/C=C/C=C/C=C/CCCCCCCC(=O)O[C@H](COC(=O)CCCCC/C=C/CCCCCCCC)CO[C@@H]1O[C@H](CO)[C@H](O)C(O)C1O. The Hall–Kier alpha value is -2.60. The molecule has 0 aromatic heterocycles. The van der Waals surface area contributed by atoms with Crippen molar-refractivity contribution in [1.82, 2.24) is 0 Å². The molecule has 0 spiro atoms. The molecule has 1 heterocycles. The molecule has 0 aromatic rings. The molecule has 2 unspecified atom stereocenters. The summed E-state index contributed by atoms with van der Waals surface area (Å²) in [4.78, 5) is 25.2. The molecule has 0 aliphatic carbocycles. The van der Waals surface area contributed by atoms with Crippen LogP contribution in [0.15, 0.2) is 60.8 Å². The molecule has 0 amide bonds. The van der Waals surface area contributed by atoms with Crippen molar-refractivity contribution in [3.63, 3.8) is 0 Å². The monoisotopic (exact) mass is 749 g/mol. The first-order valence-corrected chi connectivity index (χ1v) is 20.4. The lowest BCUT2D eigenvalue weighted by atomic mass is 9.99. The van der Waals surface area contributed by atoms with E-state index in [1.807, 2.05) is 30.4 Å². The molecule has 53 heavy (non-hydrogen) atoms. The average molecular weight is 749 g/mol. The zero-order valence-corrected chi connectivity index (χ0v) is 32.7. The first-order valence-electron chi connectivity index (χ1n) is 20.4. The van der Waals surface area contributed by atoms with Gasteiger partial charge in [0.05, 0.1) is 13.2 Å². The number of ether oxygens (including phenoxy) is 4. The van der Waals surface area contributed by atoms with Gasteiger partial charge < -0.3 is 39.4 Å². The Balaban J connectivity index is 2.42. The molecule has 1 aliphatic rings. The summed E-state index contributed by atoms with van der Waals surface area (Å²) in [6.45, 7) is 3.21. The molecule has 10 nitrogen and oxygen atoms in total. The maximum atomic E-state index is 12.7. The van der Waals surface area contributed by atoms with E-state index < -0.39 is 55.4 Å². The molecule has 10 heteroatoms. The van der Waals surface area contributed by atoms with Crippen LogP contribution in [0.1, 0.15) is 142 Å². The van der Waals surface area contributed by atoms with Crippen LogP contribution >= 0.6 is 0 Å². The Morgan fingerprint density at radius 2 is 1.13 bits per heavy atom. The van der Waals surface area contributed by atoms with Crippen molar-refractivity contribution >= 4 is 11.9 Å². The molecule has 4 N–H and O–H groups in total. The van der Waals surface area contributed by atoms with Crippen LogP contribution in [-0.2, 0) is 28.5 Å². The number of allylic oxidation sites excluding steroid dienone is 10. The lowest BCUT2D eigenvalue weighted by Gasteiger charge is -2.39. The Morgan fingerprint density at radius 1 is 0.604 bits per heavy atom. The summed E-state index contributed by atoms with van der Waals surface area (Å²) in [5.74, 6) is -0.859. The summed E-state index contributed by atoms with van der Waals surface area (Å²) >= 11 is 0. The summed E-state index contributed by atoms with van der Waals surface area (Å²) in [7, 11) is 0. The Morgan fingerprint density at radius 3 is 1.75 bits per heavy atom. The topological polar surface area (TPSA) is 152 Å². The molecule has 1 rings (SSSR count). The predicted octanol–water partition coefficient (Wildman–Crippen LogP) is 7.88.